The van der Waals surface area contributed by atoms with E-state index in [9.17, 15) is 14.9 Å². The molecule has 1 aromatic heterocycles. The topological polar surface area (TPSA) is 116 Å². The van der Waals surface area contributed by atoms with Crippen molar-refractivity contribution >= 4 is 17.3 Å². The molecule has 0 bridgehead atoms. The Morgan fingerprint density at radius 2 is 2.00 bits per heavy atom. The Morgan fingerprint density at radius 3 is 2.64 bits per heavy atom. The van der Waals surface area contributed by atoms with Crippen LogP contribution in [0.5, 0.6) is 11.6 Å². The SMILES string of the molecule is COc1cc(C(=O)Nc2cc([N+](=O)[O-])ccc2OC)ncn1. The molecule has 1 N–H and O–H groups in total. The number of anilines is 1. The second kappa shape index (κ2) is 6.48. The third-order valence-electron chi connectivity index (χ3n) is 2.73. The Labute approximate surface area is 125 Å². The van der Waals surface area contributed by atoms with Crippen molar-refractivity contribution in [2.24, 2.45) is 0 Å². The van der Waals surface area contributed by atoms with Crippen molar-refractivity contribution in [3.05, 3.63) is 46.4 Å². The first-order valence-electron chi connectivity index (χ1n) is 6.05. The first-order valence-corrected chi connectivity index (χ1v) is 6.05. The van der Waals surface area contributed by atoms with E-state index in [0.29, 0.717) is 5.75 Å². The summed E-state index contributed by atoms with van der Waals surface area (Å²) in [5.41, 5.74) is 0.0519. The van der Waals surface area contributed by atoms with Gasteiger partial charge in [0, 0.05) is 18.2 Å². The van der Waals surface area contributed by atoms with E-state index in [0.717, 1.165) is 0 Å². The normalized spacial score (nSPS) is 9.91. The van der Waals surface area contributed by atoms with Gasteiger partial charge in [0.05, 0.1) is 24.8 Å². The third-order valence-corrected chi connectivity index (χ3v) is 2.73. The molecule has 9 nitrogen and oxygen atoms in total. The van der Waals surface area contributed by atoms with Gasteiger partial charge in [-0.05, 0) is 6.07 Å². The lowest BCUT2D eigenvalue weighted by Gasteiger charge is -2.09. The maximum atomic E-state index is 12.1. The summed E-state index contributed by atoms with van der Waals surface area (Å²) in [7, 11) is 2.80. The number of carbonyl (C=O) groups excluding carboxylic acids is 1. The average molecular weight is 304 g/mol. The number of ether oxygens (including phenoxy) is 2. The zero-order valence-electron chi connectivity index (χ0n) is 11.8. The fraction of sp³-hybridized carbons (Fsp3) is 0.154. The van der Waals surface area contributed by atoms with Crippen molar-refractivity contribution in [3.8, 4) is 11.6 Å². The molecular weight excluding hydrogens is 292 g/mol. The van der Waals surface area contributed by atoms with Gasteiger partial charge in [0.15, 0.2) is 0 Å². The van der Waals surface area contributed by atoms with Crippen molar-refractivity contribution in [2.45, 2.75) is 0 Å². The predicted molar refractivity (Wildman–Crippen MR) is 76.2 cm³/mol. The van der Waals surface area contributed by atoms with Gasteiger partial charge >= 0.3 is 0 Å². The monoisotopic (exact) mass is 304 g/mol. The lowest BCUT2D eigenvalue weighted by atomic mass is 10.2. The summed E-state index contributed by atoms with van der Waals surface area (Å²) in [6, 6.07) is 5.23. The van der Waals surface area contributed by atoms with Crippen LogP contribution in [0.15, 0.2) is 30.6 Å². The highest BCUT2D eigenvalue weighted by molar-refractivity contribution is 6.04. The van der Waals surface area contributed by atoms with Crippen LogP contribution in [0, 0.1) is 10.1 Å². The summed E-state index contributed by atoms with van der Waals surface area (Å²) >= 11 is 0. The van der Waals surface area contributed by atoms with Crippen molar-refractivity contribution in [1.29, 1.82) is 0 Å². The van der Waals surface area contributed by atoms with E-state index < -0.39 is 10.8 Å². The number of nitro benzene ring substituents is 1. The summed E-state index contributed by atoms with van der Waals surface area (Å²) in [5.74, 6) is -0.0503. The van der Waals surface area contributed by atoms with Crippen molar-refractivity contribution in [1.82, 2.24) is 9.97 Å². The third kappa shape index (κ3) is 3.26. The van der Waals surface area contributed by atoms with Crippen LogP contribution in [0.2, 0.25) is 0 Å². The molecule has 22 heavy (non-hydrogen) atoms. The van der Waals surface area contributed by atoms with Gasteiger partial charge in [-0.15, -0.1) is 0 Å². The smallest absolute Gasteiger partial charge is 0.274 e. The molecule has 0 unspecified atom stereocenters. The number of nitrogens with zero attached hydrogens (tertiary/aromatic N) is 3. The minimum atomic E-state index is -0.570. The van der Waals surface area contributed by atoms with Crippen molar-refractivity contribution in [2.75, 3.05) is 19.5 Å². The zero-order chi connectivity index (χ0) is 16.1. The number of amides is 1. The summed E-state index contributed by atoms with van der Waals surface area (Å²) < 4.78 is 9.97. The number of nitrogens with one attached hydrogen (secondary N) is 1. The first-order chi connectivity index (χ1) is 10.5. The fourth-order valence-corrected chi connectivity index (χ4v) is 1.67. The van der Waals surface area contributed by atoms with Gasteiger partial charge in [-0.3, -0.25) is 14.9 Å². The fourth-order valence-electron chi connectivity index (χ4n) is 1.67. The largest absolute Gasteiger partial charge is 0.495 e. The quantitative estimate of drug-likeness (QED) is 0.659. The summed E-state index contributed by atoms with van der Waals surface area (Å²) in [6.07, 6.45) is 1.18. The molecule has 0 radical (unpaired) electrons. The Balaban J connectivity index is 2.30. The molecule has 9 heteroatoms. The van der Waals surface area contributed by atoms with E-state index in [1.54, 1.807) is 0 Å². The van der Waals surface area contributed by atoms with Crippen LogP contribution in [0.25, 0.3) is 0 Å². The molecule has 0 fully saturated rings. The maximum Gasteiger partial charge on any atom is 0.274 e. The number of hydrogen-bond acceptors (Lipinski definition) is 7. The molecule has 2 rings (SSSR count). The van der Waals surface area contributed by atoms with Crippen molar-refractivity contribution < 1.29 is 19.2 Å². The highest BCUT2D eigenvalue weighted by Gasteiger charge is 2.16. The van der Waals surface area contributed by atoms with Crippen LogP contribution in [-0.2, 0) is 0 Å². The standard InChI is InChI=1S/C13H12N4O5/c1-21-11-4-3-8(17(19)20)5-9(11)16-13(18)10-6-12(22-2)15-7-14-10/h3-7H,1-2H3,(H,16,18). The number of non-ortho nitro benzene ring substituents is 1. The number of carbonyl (C=O) groups is 1. The van der Waals surface area contributed by atoms with Crippen LogP contribution in [0.3, 0.4) is 0 Å². The number of hydrogen-bond donors (Lipinski definition) is 1. The number of aromatic nitrogens is 2. The molecule has 0 aliphatic carbocycles. The van der Waals surface area contributed by atoms with Gasteiger partial charge < -0.3 is 14.8 Å². The van der Waals surface area contributed by atoms with E-state index in [1.165, 1.54) is 44.8 Å². The van der Waals surface area contributed by atoms with E-state index in [-0.39, 0.29) is 22.9 Å². The van der Waals surface area contributed by atoms with E-state index in [2.05, 4.69) is 15.3 Å². The first kappa shape index (κ1) is 15.2. The lowest BCUT2D eigenvalue weighted by Crippen LogP contribution is -2.15. The minimum absolute atomic E-state index is 0.0559. The van der Waals surface area contributed by atoms with Gasteiger partial charge in [-0.2, -0.15) is 0 Å². The predicted octanol–water partition coefficient (Wildman–Crippen LogP) is 1.65. The van der Waals surface area contributed by atoms with Gasteiger partial charge in [0.2, 0.25) is 5.88 Å². The Morgan fingerprint density at radius 1 is 1.23 bits per heavy atom. The van der Waals surface area contributed by atoms with Crippen LogP contribution >= 0.6 is 0 Å². The maximum absolute atomic E-state index is 12.1. The van der Waals surface area contributed by atoms with Crippen LogP contribution in [0.4, 0.5) is 11.4 Å². The Hall–Kier alpha value is -3.23. The van der Waals surface area contributed by atoms with Crippen LogP contribution < -0.4 is 14.8 Å². The summed E-state index contributed by atoms with van der Waals surface area (Å²) in [6.45, 7) is 0. The molecule has 0 saturated heterocycles. The molecule has 1 heterocycles. The molecule has 2 aromatic rings. The molecule has 0 aliphatic rings. The molecule has 0 spiro atoms. The molecule has 1 amide bonds. The van der Waals surface area contributed by atoms with Gasteiger partial charge in [-0.25, -0.2) is 9.97 Å². The van der Waals surface area contributed by atoms with Gasteiger partial charge in [0.1, 0.15) is 17.8 Å². The Kier molecular flexibility index (Phi) is 4.47. The van der Waals surface area contributed by atoms with Gasteiger partial charge in [0.25, 0.3) is 11.6 Å². The molecule has 0 aliphatic heterocycles. The van der Waals surface area contributed by atoms with Crippen LogP contribution in [0.1, 0.15) is 10.5 Å². The molecule has 0 atom stereocenters. The minimum Gasteiger partial charge on any atom is -0.495 e. The molecule has 0 saturated carbocycles. The Bertz CT molecular complexity index is 719. The lowest BCUT2D eigenvalue weighted by molar-refractivity contribution is -0.384. The van der Waals surface area contributed by atoms with Crippen LogP contribution in [-0.4, -0.2) is 35.0 Å². The summed E-state index contributed by atoms with van der Waals surface area (Å²) in [5, 5.41) is 13.3. The van der Waals surface area contributed by atoms with E-state index in [4.69, 9.17) is 9.47 Å². The number of nitro groups is 1. The highest BCUT2D eigenvalue weighted by Crippen LogP contribution is 2.29. The zero-order valence-corrected chi connectivity index (χ0v) is 11.8. The second-order valence-electron chi connectivity index (χ2n) is 4.04. The van der Waals surface area contributed by atoms with E-state index in [1.807, 2.05) is 0 Å². The van der Waals surface area contributed by atoms with Gasteiger partial charge in [-0.1, -0.05) is 0 Å². The molecule has 114 valence electrons. The summed E-state index contributed by atoms with van der Waals surface area (Å²) in [4.78, 5) is 30.0. The average Bonchev–Trinajstić information content (AvgIpc) is 2.54. The number of methoxy groups -OCH3 is 2. The molecular formula is C13H12N4O5. The highest BCUT2D eigenvalue weighted by atomic mass is 16.6. The number of benzene rings is 1. The van der Waals surface area contributed by atoms with E-state index >= 15 is 0 Å². The second-order valence-corrected chi connectivity index (χ2v) is 4.04. The van der Waals surface area contributed by atoms with Crippen molar-refractivity contribution in [3.63, 3.8) is 0 Å². The number of rotatable bonds is 5. The molecule has 1 aromatic carbocycles.